The minimum Gasteiger partial charge on any atom is -0.489 e. The highest BCUT2D eigenvalue weighted by molar-refractivity contribution is 14.0. The lowest BCUT2D eigenvalue weighted by atomic mass is 10.2. The van der Waals surface area contributed by atoms with Crippen LogP contribution in [0, 0.1) is 6.92 Å². The Morgan fingerprint density at radius 3 is 2.55 bits per heavy atom. The lowest BCUT2D eigenvalue weighted by Crippen LogP contribution is -2.41. The first-order valence-corrected chi connectivity index (χ1v) is 6.44. The van der Waals surface area contributed by atoms with Gasteiger partial charge in [-0.1, -0.05) is 23.8 Å². The maximum Gasteiger partial charge on any atom is 0.191 e. The van der Waals surface area contributed by atoms with Crippen LogP contribution in [0.25, 0.3) is 0 Å². The van der Waals surface area contributed by atoms with Crippen LogP contribution in [-0.2, 0) is 0 Å². The molecule has 0 aliphatic rings. The van der Waals surface area contributed by atoms with Crippen molar-refractivity contribution in [3.8, 4) is 5.75 Å². The molecule has 5 heteroatoms. The standard InChI is InChI=1S/C15H23N3O.HI/c1-5-10-17-15(16-4)18-11-13(3)19-14-8-6-12(2)7-9-14;/h5-9,13H,1,10-11H2,2-4H3,(H2,16,17,18);1H. The molecule has 20 heavy (non-hydrogen) atoms. The number of aryl methyl sites for hydroxylation is 1. The third-order valence-corrected chi connectivity index (χ3v) is 2.55. The Morgan fingerprint density at radius 1 is 1.35 bits per heavy atom. The summed E-state index contributed by atoms with van der Waals surface area (Å²) in [6, 6.07) is 8.05. The van der Waals surface area contributed by atoms with Crippen molar-refractivity contribution in [1.29, 1.82) is 0 Å². The second-order valence-electron chi connectivity index (χ2n) is 4.36. The highest BCUT2D eigenvalue weighted by Gasteiger charge is 2.05. The average Bonchev–Trinajstić information content (AvgIpc) is 2.42. The topological polar surface area (TPSA) is 45.7 Å². The van der Waals surface area contributed by atoms with Crippen LogP contribution in [0.5, 0.6) is 5.75 Å². The summed E-state index contributed by atoms with van der Waals surface area (Å²) >= 11 is 0. The smallest absolute Gasteiger partial charge is 0.191 e. The van der Waals surface area contributed by atoms with Crippen LogP contribution in [0.4, 0.5) is 0 Å². The van der Waals surface area contributed by atoms with Gasteiger partial charge in [0.25, 0.3) is 0 Å². The molecular formula is C15H24IN3O. The van der Waals surface area contributed by atoms with E-state index in [4.69, 9.17) is 4.74 Å². The van der Waals surface area contributed by atoms with E-state index in [0.29, 0.717) is 13.1 Å². The number of hydrogen-bond donors (Lipinski definition) is 2. The Labute approximate surface area is 138 Å². The molecule has 1 atom stereocenters. The molecule has 0 aliphatic carbocycles. The van der Waals surface area contributed by atoms with Gasteiger partial charge < -0.3 is 15.4 Å². The number of nitrogens with one attached hydrogen (secondary N) is 2. The first-order valence-electron chi connectivity index (χ1n) is 6.44. The van der Waals surface area contributed by atoms with Crippen molar-refractivity contribution >= 4 is 29.9 Å². The van der Waals surface area contributed by atoms with Crippen LogP contribution in [0.1, 0.15) is 12.5 Å². The van der Waals surface area contributed by atoms with Gasteiger partial charge in [-0.3, -0.25) is 4.99 Å². The third kappa shape index (κ3) is 7.37. The fraction of sp³-hybridized carbons (Fsp3) is 0.400. The molecule has 4 nitrogen and oxygen atoms in total. The largest absolute Gasteiger partial charge is 0.489 e. The minimum atomic E-state index is 0. The first-order chi connectivity index (χ1) is 9.15. The molecule has 1 unspecified atom stereocenters. The van der Waals surface area contributed by atoms with Gasteiger partial charge in [-0.15, -0.1) is 30.6 Å². The fourth-order valence-corrected chi connectivity index (χ4v) is 1.52. The van der Waals surface area contributed by atoms with Crippen LogP contribution < -0.4 is 15.4 Å². The molecule has 0 radical (unpaired) electrons. The molecule has 112 valence electrons. The van der Waals surface area contributed by atoms with Gasteiger partial charge in [-0.2, -0.15) is 0 Å². The highest BCUT2D eigenvalue weighted by atomic mass is 127. The highest BCUT2D eigenvalue weighted by Crippen LogP contribution is 2.12. The summed E-state index contributed by atoms with van der Waals surface area (Å²) in [6.45, 7) is 9.11. The lowest BCUT2D eigenvalue weighted by molar-refractivity contribution is 0.224. The van der Waals surface area contributed by atoms with Crippen LogP contribution in [0.2, 0.25) is 0 Å². The predicted molar refractivity (Wildman–Crippen MR) is 96.2 cm³/mol. The van der Waals surface area contributed by atoms with Crippen molar-refractivity contribution in [1.82, 2.24) is 10.6 Å². The van der Waals surface area contributed by atoms with Gasteiger partial charge >= 0.3 is 0 Å². The summed E-state index contributed by atoms with van der Waals surface area (Å²) in [5.41, 5.74) is 1.23. The van der Waals surface area contributed by atoms with E-state index >= 15 is 0 Å². The number of benzene rings is 1. The molecular weight excluding hydrogens is 365 g/mol. The second kappa shape index (κ2) is 10.5. The number of hydrogen-bond acceptors (Lipinski definition) is 2. The van der Waals surface area contributed by atoms with Gasteiger partial charge in [-0.25, -0.2) is 0 Å². The fourth-order valence-electron chi connectivity index (χ4n) is 1.52. The van der Waals surface area contributed by atoms with Crippen molar-refractivity contribution in [2.45, 2.75) is 20.0 Å². The van der Waals surface area contributed by atoms with Crippen LogP contribution in [-0.4, -0.2) is 32.2 Å². The normalized spacial score (nSPS) is 12.1. The van der Waals surface area contributed by atoms with Crippen molar-refractivity contribution in [3.05, 3.63) is 42.5 Å². The van der Waals surface area contributed by atoms with Crippen LogP contribution in [0.3, 0.4) is 0 Å². The number of ether oxygens (including phenoxy) is 1. The molecule has 0 amide bonds. The van der Waals surface area contributed by atoms with Crippen molar-refractivity contribution < 1.29 is 4.74 Å². The second-order valence-corrected chi connectivity index (χ2v) is 4.36. The van der Waals surface area contributed by atoms with Gasteiger partial charge in [0.1, 0.15) is 11.9 Å². The van der Waals surface area contributed by atoms with E-state index in [-0.39, 0.29) is 30.1 Å². The van der Waals surface area contributed by atoms with Gasteiger partial charge in [0.05, 0.1) is 6.54 Å². The van der Waals surface area contributed by atoms with Crippen molar-refractivity contribution in [2.24, 2.45) is 4.99 Å². The van der Waals surface area contributed by atoms with E-state index in [1.54, 1.807) is 13.1 Å². The summed E-state index contributed by atoms with van der Waals surface area (Å²) in [5.74, 6) is 1.63. The van der Waals surface area contributed by atoms with E-state index in [9.17, 15) is 0 Å². The van der Waals surface area contributed by atoms with Gasteiger partial charge in [0.2, 0.25) is 0 Å². The van der Waals surface area contributed by atoms with E-state index in [2.05, 4.69) is 29.1 Å². The third-order valence-electron chi connectivity index (χ3n) is 2.55. The zero-order chi connectivity index (χ0) is 14.1. The van der Waals surface area contributed by atoms with Crippen molar-refractivity contribution in [3.63, 3.8) is 0 Å². The zero-order valence-electron chi connectivity index (χ0n) is 12.3. The van der Waals surface area contributed by atoms with E-state index in [0.717, 1.165) is 11.7 Å². The molecule has 0 bridgehead atoms. The Hall–Kier alpha value is -1.24. The molecule has 1 aromatic rings. The first kappa shape index (κ1) is 18.8. The van der Waals surface area contributed by atoms with E-state index < -0.39 is 0 Å². The van der Waals surface area contributed by atoms with Crippen LogP contribution >= 0.6 is 24.0 Å². The Morgan fingerprint density at radius 2 is 2.00 bits per heavy atom. The number of halogens is 1. The zero-order valence-corrected chi connectivity index (χ0v) is 14.7. The quantitative estimate of drug-likeness (QED) is 0.341. The SMILES string of the molecule is C=CCNC(=NC)NCC(C)Oc1ccc(C)cc1.I. The monoisotopic (exact) mass is 389 g/mol. The Balaban J connectivity index is 0.00000361. The Kier molecular flexibility index (Phi) is 9.88. The Bertz CT molecular complexity index is 418. The predicted octanol–water partition coefficient (Wildman–Crippen LogP) is 2.73. The summed E-state index contributed by atoms with van der Waals surface area (Å²) in [5, 5.41) is 6.31. The minimum absolute atomic E-state index is 0. The van der Waals surface area contributed by atoms with Crippen LogP contribution in [0.15, 0.2) is 41.9 Å². The molecule has 0 fully saturated rings. The molecule has 0 heterocycles. The maximum atomic E-state index is 5.80. The van der Waals surface area contributed by atoms with Gasteiger partial charge in [0.15, 0.2) is 5.96 Å². The molecule has 0 saturated heterocycles. The molecule has 1 rings (SSSR count). The average molecular weight is 389 g/mol. The number of aliphatic imine (C=N–C) groups is 1. The van der Waals surface area contributed by atoms with Gasteiger partial charge in [-0.05, 0) is 26.0 Å². The molecule has 0 spiro atoms. The summed E-state index contributed by atoms with van der Waals surface area (Å²) < 4.78 is 5.80. The van der Waals surface area contributed by atoms with E-state index in [1.165, 1.54) is 5.56 Å². The maximum absolute atomic E-state index is 5.80. The molecule has 2 N–H and O–H groups in total. The molecule has 1 aromatic carbocycles. The lowest BCUT2D eigenvalue weighted by Gasteiger charge is -2.17. The van der Waals surface area contributed by atoms with Crippen molar-refractivity contribution in [2.75, 3.05) is 20.1 Å². The number of guanidine groups is 1. The number of rotatable bonds is 6. The summed E-state index contributed by atoms with van der Waals surface area (Å²) in [6.07, 6.45) is 1.85. The summed E-state index contributed by atoms with van der Waals surface area (Å²) in [7, 11) is 1.74. The number of nitrogens with zero attached hydrogens (tertiary/aromatic N) is 1. The van der Waals surface area contributed by atoms with E-state index in [1.807, 2.05) is 31.2 Å². The molecule has 0 aliphatic heterocycles. The van der Waals surface area contributed by atoms with Gasteiger partial charge in [0, 0.05) is 13.6 Å². The molecule has 0 aromatic heterocycles. The summed E-state index contributed by atoms with van der Waals surface area (Å²) in [4.78, 5) is 4.11. The molecule has 0 saturated carbocycles.